The van der Waals surface area contributed by atoms with Crippen molar-refractivity contribution in [1.82, 2.24) is 9.80 Å². The van der Waals surface area contributed by atoms with E-state index in [1.165, 1.54) is 18.2 Å². The number of hydrogen-bond donors (Lipinski definition) is 1. The van der Waals surface area contributed by atoms with Crippen molar-refractivity contribution in [3.63, 3.8) is 0 Å². The third-order valence-corrected chi connectivity index (χ3v) is 3.79. The van der Waals surface area contributed by atoms with E-state index in [2.05, 4.69) is 17.1 Å². The smallest absolute Gasteiger partial charge is 0.324 e. The van der Waals surface area contributed by atoms with E-state index in [1.54, 1.807) is 0 Å². The van der Waals surface area contributed by atoms with Gasteiger partial charge < -0.3 is 10.2 Å². The van der Waals surface area contributed by atoms with Crippen molar-refractivity contribution >= 4 is 11.6 Å². The summed E-state index contributed by atoms with van der Waals surface area (Å²) in [6.45, 7) is 6.43. The lowest BCUT2D eigenvalue weighted by molar-refractivity contribution is -0.137. The van der Waals surface area contributed by atoms with Crippen LogP contribution < -0.4 is 5.32 Å². The van der Waals surface area contributed by atoms with Gasteiger partial charge in [0.25, 0.3) is 0 Å². The summed E-state index contributed by atoms with van der Waals surface area (Å²) < 4.78 is 38.6. The van der Waals surface area contributed by atoms with E-state index in [-0.39, 0.29) is 12.2 Å². The zero-order chi connectivity index (χ0) is 16.2. The van der Waals surface area contributed by atoms with Gasteiger partial charge in [-0.25, -0.2) is 0 Å². The van der Waals surface area contributed by atoms with E-state index in [0.717, 1.165) is 38.8 Å². The van der Waals surface area contributed by atoms with E-state index in [9.17, 15) is 18.0 Å². The highest BCUT2D eigenvalue weighted by molar-refractivity contribution is 5.93. The summed E-state index contributed by atoms with van der Waals surface area (Å²) in [5.41, 5.74) is -1.01. The standard InChI is InChI=1S/C15H20F3N3O/c1-2-20-7-9-21(10-8-20)11-14(22)19-13-6-4-3-5-12(13)15(16,17)18/h3-6H,2,7-11H2,1H3,(H,19,22). The van der Waals surface area contributed by atoms with Crippen molar-refractivity contribution < 1.29 is 18.0 Å². The maximum absolute atomic E-state index is 12.9. The molecule has 1 saturated heterocycles. The van der Waals surface area contributed by atoms with E-state index in [0.29, 0.717) is 0 Å². The number of hydrogen-bond acceptors (Lipinski definition) is 3. The predicted octanol–water partition coefficient (Wildman–Crippen LogP) is 2.28. The molecule has 0 aliphatic carbocycles. The fraction of sp³-hybridized carbons (Fsp3) is 0.533. The summed E-state index contributed by atoms with van der Waals surface area (Å²) >= 11 is 0. The molecule has 1 aliphatic heterocycles. The molecule has 1 fully saturated rings. The molecule has 1 aliphatic rings. The Hall–Kier alpha value is -1.60. The van der Waals surface area contributed by atoms with Crippen molar-refractivity contribution in [2.75, 3.05) is 44.6 Å². The molecule has 0 saturated carbocycles. The molecule has 0 radical (unpaired) electrons. The Bertz CT molecular complexity index is 511. The van der Waals surface area contributed by atoms with E-state index < -0.39 is 17.6 Å². The van der Waals surface area contributed by atoms with Gasteiger partial charge in [-0.3, -0.25) is 9.69 Å². The number of nitrogens with zero attached hydrogens (tertiary/aromatic N) is 2. The second kappa shape index (κ2) is 7.11. The first-order valence-corrected chi connectivity index (χ1v) is 7.31. The SMILES string of the molecule is CCN1CCN(CC(=O)Nc2ccccc2C(F)(F)F)CC1. The zero-order valence-corrected chi connectivity index (χ0v) is 12.5. The quantitative estimate of drug-likeness (QED) is 0.926. The molecule has 4 nitrogen and oxygen atoms in total. The molecule has 1 aromatic carbocycles. The van der Waals surface area contributed by atoms with Gasteiger partial charge in [0.15, 0.2) is 0 Å². The van der Waals surface area contributed by atoms with Crippen LogP contribution >= 0.6 is 0 Å². The molecule has 0 spiro atoms. The Balaban J connectivity index is 1.93. The van der Waals surface area contributed by atoms with Crippen LogP contribution in [0.25, 0.3) is 0 Å². The summed E-state index contributed by atoms with van der Waals surface area (Å²) in [6, 6.07) is 5.03. The van der Waals surface area contributed by atoms with Crippen LogP contribution in [-0.4, -0.2) is 55.0 Å². The fourth-order valence-electron chi connectivity index (χ4n) is 2.50. The van der Waals surface area contributed by atoms with Crippen LogP contribution in [0.15, 0.2) is 24.3 Å². The largest absolute Gasteiger partial charge is 0.418 e. The highest BCUT2D eigenvalue weighted by Gasteiger charge is 2.33. The van der Waals surface area contributed by atoms with Crippen LogP contribution in [0.3, 0.4) is 0 Å². The molecule has 1 amide bonds. The molecule has 0 aromatic heterocycles. The molecule has 2 rings (SSSR count). The monoisotopic (exact) mass is 315 g/mol. The maximum atomic E-state index is 12.9. The number of amides is 1. The summed E-state index contributed by atoms with van der Waals surface area (Å²) in [5.74, 6) is -0.415. The maximum Gasteiger partial charge on any atom is 0.418 e. The number of benzene rings is 1. The number of nitrogens with one attached hydrogen (secondary N) is 1. The summed E-state index contributed by atoms with van der Waals surface area (Å²) in [4.78, 5) is 16.2. The lowest BCUT2D eigenvalue weighted by atomic mass is 10.1. The van der Waals surface area contributed by atoms with Crippen molar-refractivity contribution in [1.29, 1.82) is 0 Å². The van der Waals surface area contributed by atoms with Crippen molar-refractivity contribution in [3.8, 4) is 0 Å². The molecule has 22 heavy (non-hydrogen) atoms. The Morgan fingerprint density at radius 2 is 1.73 bits per heavy atom. The molecular weight excluding hydrogens is 295 g/mol. The van der Waals surface area contributed by atoms with Gasteiger partial charge in [-0.2, -0.15) is 13.2 Å². The first-order chi connectivity index (χ1) is 10.4. The number of anilines is 1. The van der Waals surface area contributed by atoms with E-state index in [4.69, 9.17) is 0 Å². The van der Waals surface area contributed by atoms with Gasteiger partial charge in [-0.1, -0.05) is 19.1 Å². The number of alkyl halides is 3. The van der Waals surface area contributed by atoms with Crippen LogP contribution in [0.2, 0.25) is 0 Å². The molecular formula is C15H20F3N3O. The fourth-order valence-corrected chi connectivity index (χ4v) is 2.50. The highest BCUT2D eigenvalue weighted by Crippen LogP contribution is 2.34. The third-order valence-electron chi connectivity index (χ3n) is 3.79. The minimum atomic E-state index is -4.48. The second-order valence-electron chi connectivity index (χ2n) is 5.30. The molecule has 122 valence electrons. The molecule has 7 heteroatoms. The number of para-hydroxylation sites is 1. The lowest BCUT2D eigenvalue weighted by Gasteiger charge is -2.33. The minimum absolute atomic E-state index is 0.115. The van der Waals surface area contributed by atoms with Crippen molar-refractivity contribution in [2.24, 2.45) is 0 Å². The van der Waals surface area contributed by atoms with Gasteiger partial charge in [0.2, 0.25) is 5.91 Å². The van der Waals surface area contributed by atoms with E-state index in [1.807, 2.05) is 4.90 Å². The van der Waals surface area contributed by atoms with Gasteiger partial charge >= 0.3 is 6.18 Å². The summed E-state index contributed by atoms with van der Waals surface area (Å²) in [5, 5.41) is 2.38. The highest BCUT2D eigenvalue weighted by atomic mass is 19.4. The van der Waals surface area contributed by atoms with Crippen LogP contribution in [0.1, 0.15) is 12.5 Å². The first-order valence-electron chi connectivity index (χ1n) is 7.31. The van der Waals surface area contributed by atoms with Gasteiger partial charge in [0.1, 0.15) is 0 Å². The number of carbonyl (C=O) groups excluding carboxylic acids is 1. The summed E-state index contributed by atoms with van der Waals surface area (Å²) in [6.07, 6.45) is -4.48. The van der Waals surface area contributed by atoms with Crippen LogP contribution in [0, 0.1) is 0 Å². The van der Waals surface area contributed by atoms with Gasteiger partial charge in [0, 0.05) is 26.2 Å². The Kier molecular flexibility index (Phi) is 5.42. The average Bonchev–Trinajstić information content (AvgIpc) is 2.47. The van der Waals surface area contributed by atoms with Crippen molar-refractivity contribution in [3.05, 3.63) is 29.8 Å². The average molecular weight is 315 g/mol. The molecule has 1 aromatic rings. The van der Waals surface area contributed by atoms with Gasteiger partial charge in [0.05, 0.1) is 17.8 Å². The topological polar surface area (TPSA) is 35.6 Å². The Morgan fingerprint density at radius 1 is 1.14 bits per heavy atom. The number of likely N-dealkylation sites (N-methyl/N-ethyl adjacent to an activating group) is 1. The predicted molar refractivity (Wildman–Crippen MR) is 78.6 cm³/mol. The molecule has 1 heterocycles. The molecule has 0 unspecified atom stereocenters. The molecule has 0 atom stereocenters. The molecule has 1 N–H and O–H groups in total. The molecule has 0 bridgehead atoms. The van der Waals surface area contributed by atoms with Crippen LogP contribution in [0.5, 0.6) is 0 Å². The van der Waals surface area contributed by atoms with Crippen molar-refractivity contribution in [2.45, 2.75) is 13.1 Å². The minimum Gasteiger partial charge on any atom is -0.324 e. The number of piperazine rings is 1. The second-order valence-corrected chi connectivity index (χ2v) is 5.30. The number of rotatable bonds is 4. The van der Waals surface area contributed by atoms with Crippen LogP contribution in [-0.2, 0) is 11.0 Å². The summed E-state index contributed by atoms with van der Waals surface area (Å²) in [7, 11) is 0. The Labute approximate surface area is 127 Å². The van der Waals surface area contributed by atoms with Gasteiger partial charge in [-0.15, -0.1) is 0 Å². The van der Waals surface area contributed by atoms with E-state index >= 15 is 0 Å². The number of halogens is 3. The Morgan fingerprint density at radius 3 is 2.32 bits per heavy atom. The third kappa shape index (κ3) is 4.45. The lowest BCUT2D eigenvalue weighted by Crippen LogP contribution is -2.48. The normalized spacial score (nSPS) is 17.5. The van der Waals surface area contributed by atoms with Crippen LogP contribution in [0.4, 0.5) is 18.9 Å². The number of carbonyl (C=O) groups is 1. The van der Waals surface area contributed by atoms with Gasteiger partial charge in [-0.05, 0) is 18.7 Å². The zero-order valence-electron chi connectivity index (χ0n) is 12.5. The first kappa shape index (κ1) is 16.8.